The molecule has 66 valence electrons. The molecule has 0 rings (SSSR count). The van der Waals surface area contributed by atoms with Crippen molar-refractivity contribution in [3.63, 3.8) is 0 Å². The molecule has 0 fully saturated rings. The van der Waals surface area contributed by atoms with Crippen LogP contribution in [0.2, 0.25) is 0 Å². The third-order valence-electron chi connectivity index (χ3n) is 1.26. The van der Waals surface area contributed by atoms with Crippen LogP contribution in [0.5, 0.6) is 0 Å². The van der Waals surface area contributed by atoms with E-state index in [9.17, 15) is 4.79 Å². The normalized spacial score (nSPS) is 9.27. The molecule has 0 saturated carbocycles. The summed E-state index contributed by atoms with van der Waals surface area (Å²) in [4.78, 5) is 10.5. The van der Waals surface area contributed by atoms with Crippen molar-refractivity contribution in [2.24, 2.45) is 0 Å². The standard InChI is InChI=1S/C7H16N2O2/c1-8-5-3-4-6-11-7(10)9-2/h8H,3-6H2,1-2H3,(H,9,10). The Morgan fingerprint density at radius 1 is 1.36 bits per heavy atom. The SMILES string of the molecule is CNCCCCOC(=O)NC. The number of carbonyl (C=O) groups is 1. The van der Waals surface area contributed by atoms with Gasteiger partial charge in [-0.15, -0.1) is 0 Å². The highest BCUT2D eigenvalue weighted by atomic mass is 16.5. The minimum atomic E-state index is -0.352. The number of hydrogen-bond donors (Lipinski definition) is 2. The molecule has 0 aromatic carbocycles. The maximum atomic E-state index is 10.5. The maximum absolute atomic E-state index is 10.5. The lowest BCUT2D eigenvalue weighted by Crippen LogP contribution is -2.20. The second-order valence-electron chi connectivity index (χ2n) is 2.20. The molecule has 0 radical (unpaired) electrons. The fourth-order valence-electron chi connectivity index (χ4n) is 0.641. The third-order valence-corrected chi connectivity index (χ3v) is 1.26. The summed E-state index contributed by atoms with van der Waals surface area (Å²) in [6.45, 7) is 1.47. The van der Waals surface area contributed by atoms with Crippen LogP contribution in [0.1, 0.15) is 12.8 Å². The number of rotatable bonds is 5. The van der Waals surface area contributed by atoms with Gasteiger partial charge in [-0.05, 0) is 26.4 Å². The molecule has 0 aromatic heterocycles. The molecule has 0 spiro atoms. The van der Waals surface area contributed by atoms with E-state index >= 15 is 0 Å². The van der Waals surface area contributed by atoms with Crippen LogP contribution in [-0.4, -0.2) is 33.3 Å². The number of amides is 1. The fraction of sp³-hybridized carbons (Fsp3) is 0.857. The van der Waals surface area contributed by atoms with Gasteiger partial charge >= 0.3 is 6.09 Å². The zero-order chi connectivity index (χ0) is 8.53. The second kappa shape index (κ2) is 7.34. The van der Waals surface area contributed by atoms with E-state index in [1.165, 1.54) is 0 Å². The molecule has 0 unspecified atom stereocenters. The summed E-state index contributed by atoms with van der Waals surface area (Å²) in [6, 6.07) is 0. The minimum Gasteiger partial charge on any atom is -0.450 e. The number of ether oxygens (including phenoxy) is 1. The zero-order valence-electron chi connectivity index (χ0n) is 7.14. The van der Waals surface area contributed by atoms with E-state index in [-0.39, 0.29) is 6.09 Å². The fourth-order valence-corrected chi connectivity index (χ4v) is 0.641. The monoisotopic (exact) mass is 160 g/mol. The van der Waals surface area contributed by atoms with Crippen molar-refractivity contribution >= 4 is 6.09 Å². The van der Waals surface area contributed by atoms with Crippen LogP contribution in [0.15, 0.2) is 0 Å². The summed E-state index contributed by atoms with van der Waals surface area (Å²) in [5, 5.41) is 5.39. The molecule has 0 heterocycles. The zero-order valence-corrected chi connectivity index (χ0v) is 7.14. The van der Waals surface area contributed by atoms with Crippen LogP contribution in [0.4, 0.5) is 4.79 Å². The molecule has 0 saturated heterocycles. The third kappa shape index (κ3) is 7.12. The molecular weight excluding hydrogens is 144 g/mol. The average Bonchev–Trinajstić information content (AvgIpc) is 2.04. The van der Waals surface area contributed by atoms with Crippen LogP contribution < -0.4 is 10.6 Å². The highest BCUT2D eigenvalue weighted by Crippen LogP contribution is 1.88. The van der Waals surface area contributed by atoms with Gasteiger partial charge in [0.05, 0.1) is 6.61 Å². The number of carbonyl (C=O) groups excluding carboxylic acids is 1. The lowest BCUT2D eigenvalue weighted by atomic mass is 10.3. The summed E-state index contributed by atoms with van der Waals surface area (Å²) in [5.41, 5.74) is 0. The lowest BCUT2D eigenvalue weighted by Gasteiger charge is -2.02. The largest absolute Gasteiger partial charge is 0.450 e. The Balaban J connectivity index is 2.95. The second-order valence-corrected chi connectivity index (χ2v) is 2.20. The summed E-state index contributed by atoms with van der Waals surface area (Å²) in [7, 11) is 3.45. The van der Waals surface area contributed by atoms with E-state index in [0.29, 0.717) is 6.61 Å². The van der Waals surface area contributed by atoms with Gasteiger partial charge in [0.2, 0.25) is 0 Å². The Bertz CT molecular complexity index is 107. The van der Waals surface area contributed by atoms with E-state index in [4.69, 9.17) is 4.74 Å². The molecule has 4 nitrogen and oxygen atoms in total. The average molecular weight is 160 g/mol. The molecule has 11 heavy (non-hydrogen) atoms. The number of nitrogens with one attached hydrogen (secondary N) is 2. The van der Waals surface area contributed by atoms with Gasteiger partial charge < -0.3 is 15.4 Å². The molecule has 0 atom stereocenters. The summed E-state index contributed by atoms with van der Waals surface area (Å²) in [6.07, 6.45) is 1.59. The van der Waals surface area contributed by atoms with E-state index in [0.717, 1.165) is 19.4 Å². The smallest absolute Gasteiger partial charge is 0.406 e. The molecule has 0 aromatic rings. The first kappa shape index (κ1) is 10.2. The predicted molar refractivity (Wildman–Crippen MR) is 43.6 cm³/mol. The van der Waals surface area contributed by atoms with Crippen molar-refractivity contribution in [2.75, 3.05) is 27.2 Å². The molecule has 0 aliphatic carbocycles. The maximum Gasteiger partial charge on any atom is 0.406 e. The first-order valence-corrected chi connectivity index (χ1v) is 3.80. The van der Waals surface area contributed by atoms with Crippen molar-refractivity contribution in [2.45, 2.75) is 12.8 Å². The van der Waals surface area contributed by atoms with Crippen molar-refractivity contribution in [3.05, 3.63) is 0 Å². The summed E-state index contributed by atoms with van der Waals surface area (Å²) >= 11 is 0. The minimum absolute atomic E-state index is 0.352. The molecule has 0 bridgehead atoms. The first-order valence-electron chi connectivity index (χ1n) is 3.80. The Kier molecular flexibility index (Phi) is 6.82. The van der Waals surface area contributed by atoms with Gasteiger partial charge in [0.25, 0.3) is 0 Å². The molecule has 0 aliphatic rings. The summed E-state index contributed by atoms with van der Waals surface area (Å²) < 4.78 is 4.76. The van der Waals surface area contributed by atoms with Crippen LogP contribution in [-0.2, 0) is 4.74 Å². The van der Waals surface area contributed by atoms with Gasteiger partial charge in [-0.2, -0.15) is 0 Å². The molecular formula is C7H16N2O2. The predicted octanol–water partition coefficient (Wildman–Crippen LogP) is 0.342. The molecule has 2 N–H and O–H groups in total. The van der Waals surface area contributed by atoms with Gasteiger partial charge in [-0.1, -0.05) is 0 Å². The van der Waals surface area contributed by atoms with Crippen molar-refractivity contribution in [3.8, 4) is 0 Å². The topological polar surface area (TPSA) is 50.4 Å². The number of hydrogen-bond acceptors (Lipinski definition) is 3. The van der Waals surface area contributed by atoms with Gasteiger partial charge in [0.15, 0.2) is 0 Å². The Hall–Kier alpha value is -0.770. The Labute approximate surface area is 67.3 Å². The van der Waals surface area contributed by atoms with Crippen LogP contribution in [0.25, 0.3) is 0 Å². The lowest BCUT2D eigenvalue weighted by molar-refractivity contribution is 0.146. The number of unbranched alkanes of at least 4 members (excludes halogenated alkanes) is 1. The molecule has 1 amide bonds. The van der Waals surface area contributed by atoms with E-state index < -0.39 is 0 Å². The van der Waals surface area contributed by atoms with Gasteiger partial charge in [-0.3, -0.25) is 0 Å². The Morgan fingerprint density at radius 2 is 2.09 bits per heavy atom. The van der Waals surface area contributed by atoms with Crippen LogP contribution in [0.3, 0.4) is 0 Å². The summed E-state index contributed by atoms with van der Waals surface area (Å²) in [5.74, 6) is 0. The highest BCUT2D eigenvalue weighted by Gasteiger charge is 1.95. The number of alkyl carbamates (subject to hydrolysis) is 1. The Morgan fingerprint density at radius 3 is 2.64 bits per heavy atom. The van der Waals surface area contributed by atoms with Gasteiger partial charge in [0.1, 0.15) is 0 Å². The van der Waals surface area contributed by atoms with Crippen molar-refractivity contribution in [1.82, 2.24) is 10.6 Å². The van der Waals surface area contributed by atoms with Crippen LogP contribution >= 0.6 is 0 Å². The van der Waals surface area contributed by atoms with E-state index in [2.05, 4.69) is 10.6 Å². The van der Waals surface area contributed by atoms with Crippen molar-refractivity contribution in [1.29, 1.82) is 0 Å². The van der Waals surface area contributed by atoms with E-state index in [1.807, 2.05) is 7.05 Å². The van der Waals surface area contributed by atoms with Gasteiger partial charge in [0, 0.05) is 7.05 Å². The first-order chi connectivity index (χ1) is 5.31. The van der Waals surface area contributed by atoms with E-state index in [1.54, 1.807) is 7.05 Å². The van der Waals surface area contributed by atoms with Crippen LogP contribution in [0, 0.1) is 0 Å². The van der Waals surface area contributed by atoms with Crippen molar-refractivity contribution < 1.29 is 9.53 Å². The van der Waals surface area contributed by atoms with Gasteiger partial charge in [-0.25, -0.2) is 4.79 Å². The quantitative estimate of drug-likeness (QED) is 0.570. The molecule has 4 heteroatoms. The highest BCUT2D eigenvalue weighted by molar-refractivity contribution is 5.66. The molecule has 0 aliphatic heterocycles.